The van der Waals surface area contributed by atoms with Crippen molar-refractivity contribution < 1.29 is 29.2 Å². The van der Waals surface area contributed by atoms with Gasteiger partial charge < -0.3 is 14.7 Å². The average Bonchev–Trinajstić information content (AvgIpc) is 2.91. The molecule has 2 aromatic carbocycles. The standard InChI is InChI=1S/C29H26Cl2N2O7/c30-17-13-19(29(20(31)14-17)40-15-16-7-9-18(10-8-16)33(38)39)26-27-21(3-1-5-23(27)34)32(12-11-25(36)37)22-4-2-6-24(35)28(22)26/h7-10,13-14,26H,1-6,11-12,15H2,(H,36,37). The lowest BCUT2D eigenvalue weighted by atomic mass is 9.70. The maximum absolute atomic E-state index is 13.5. The van der Waals surface area contributed by atoms with Crippen LogP contribution in [0.2, 0.25) is 10.0 Å². The van der Waals surface area contributed by atoms with Gasteiger partial charge in [0, 0.05) is 70.6 Å². The minimum absolute atomic E-state index is 0.0313. The van der Waals surface area contributed by atoms with Gasteiger partial charge in [-0.3, -0.25) is 24.5 Å². The monoisotopic (exact) mass is 584 g/mol. The molecule has 9 nitrogen and oxygen atoms in total. The molecule has 208 valence electrons. The molecule has 5 rings (SSSR count). The topological polar surface area (TPSA) is 127 Å². The molecule has 0 spiro atoms. The number of allylic oxidation sites excluding steroid dienone is 4. The van der Waals surface area contributed by atoms with Crippen molar-refractivity contribution in [3.05, 3.63) is 90.2 Å². The van der Waals surface area contributed by atoms with Crippen molar-refractivity contribution >= 4 is 46.4 Å². The predicted molar refractivity (Wildman–Crippen MR) is 147 cm³/mol. The summed E-state index contributed by atoms with van der Waals surface area (Å²) in [5, 5.41) is 20.9. The number of rotatable bonds is 8. The Morgan fingerprint density at radius 2 is 1.60 bits per heavy atom. The van der Waals surface area contributed by atoms with Gasteiger partial charge >= 0.3 is 5.97 Å². The van der Waals surface area contributed by atoms with Crippen LogP contribution in [-0.2, 0) is 21.0 Å². The van der Waals surface area contributed by atoms with E-state index in [1.807, 2.05) is 4.90 Å². The van der Waals surface area contributed by atoms with Crippen molar-refractivity contribution in [1.29, 1.82) is 0 Å². The molecule has 0 aromatic heterocycles. The van der Waals surface area contributed by atoms with E-state index in [2.05, 4.69) is 0 Å². The van der Waals surface area contributed by atoms with Crippen LogP contribution in [0.1, 0.15) is 62.0 Å². The summed E-state index contributed by atoms with van der Waals surface area (Å²) in [4.78, 5) is 50.9. The first-order chi connectivity index (χ1) is 19.2. The van der Waals surface area contributed by atoms with Gasteiger partial charge in [-0.25, -0.2) is 0 Å². The van der Waals surface area contributed by atoms with Crippen LogP contribution in [-0.4, -0.2) is 39.0 Å². The number of ether oxygens (including phenoxy) is 1. The summed E-state index contributed by atoms with van der Waals surface area (Å²) in [5.41, 5.74) is 3.51. The number of carbonyl (C=O) groups is 3. The third-order valence-electron chi connectivity index (χ3n) is 7.51. The van der Waals surface area contributed by atoms with Crippen molar-refractivity contribution in [2.24, 2.45) is 0 Å². The van der Waals surface area contributed by atoms with Gasteiger partial charge in [-0.15, -0.1) is 0 Å². The second-order valence-corrected chi connectivity index (χ2v) is 10.9. The van der Waals surface area contributed by atoms with E-state index in [1.165, 1.54) is 18.2 Å². The number of hydrogen-bond donors (Lipinski definition) is 1. The number of Topliss-reactive ketones (excluding diaryl/α,β-unsaturated/α-hetero) is 2. The van der Waals surface area contributed by atoms with Crippen LogP contribution < -0.4 is 4.74 Å². The van der Waals surface area contributed by atoms with Crippen LogP contribution >= 0.6 is 23.2 Å². The van der Waals surface area contributed by atoms with Crippen LogP contribution in [0.3, 0.4) is 0 Å². The van der Waals surface area contributed by atoms with Crippen molar-refractivity contribution in [3.63, 3.8) is 0 Å². The van der Waals surface area contributed by atoms with Crippen LogP contribution in [0.15, 0.2) is 58.9 Å². The molecule has 40 heavy (non-hydrogen) atoms. The van der Waals surface area contributed by atoms with Crippen molar-refractivity contribution in [3.8, 4) is 5.75 Å². The second kappa shape index (κ2) is 11.4. The molecule has 11 heteroatoms. The van der Waals surface area contributed by atoms with Crippen LogP contribution in [0.5, 0.6) is 5.75 Å². The number of ketones is 2. The van der Waals surface area contributed by atoms with Crippen molar-refractivity contribution in [2.75, 3.05) is 6.54 Å². The number of carboxylic acid groups (broad SMARTS) is 1. The molecule has 2 aliphatic carbocycles. The molecular weight excluding hydrogens is 559 g/mol. The average molecular weight is 585 g/mol. The van der Waals surface area contributed by atoms with E-state index < -0.39 is 16.8 Å². The molecule has 0 radical (unpaired) electrons. The maximum Gasteiger partial charge on any atom is 0.305 e. The van der Waals surface area contributed by atoms with Gasteiger partial charge in [-0.2, -0.15) is 0 Å². The zero-order chi connectivity index (χ0) is 28.6. The lowest BCUT2D eigenvalue weighted by Gasteiger charge is -2.44. The van der Waals surface area contributed by atoms with E-state index in [0.29, 0.717) is 65.8 Å². The molecule has 0 saturated heterocycles. The summed E-state index contributed by atoms with van der Waals surface area (Å²) in [7, 11) is 0. The van der Waals surface area contributed by atoms with Crippen LogP contribution in [0.4, 0.5) is 5.69 Å². The number of benzene rings is 2. The zero-order valence-corrected chi connectivity index (χ0v) is 23.0. The number of carbonyl (C=O) groups excluding carboxylic acids is 2. The van der Waals surface area contributed by atoms with Gasteiger partial charge in [-0.05, 0) is 55.5 Å². The quantitative estimate of drug-likeness (QED) is 0.280. The van der Waals surface area contributed by atoms with Gasteiger partial charge in [0.15, 0.2) is 11.6 Å². The second-order valence-electron chi connectivity index (χ2n) is 10.0. The third-order valence-corrected chi connectivity index (χ3v) is 8.01. The van der Waals surface area contributed by atoms with E-state index in [4.69, 9.17) is 27.9 Å². The first-order valence-corrected chi connectivity index (χ1v) is 13.8. The fraction of sp³-hybridized carbons (Fsp3) is 0.345. The highest BCUT2D eigenvalue weighted by Gasteiger charge is 2.44. The Morgan fingerprint density at radius 1 is 1.00 bits per heavy atom. The first-order valence-electron chi connectivity index (χ1n) is 13.0. The Hall–Kier alpha value is -3.69. The van der Waals surface area contributed by atoms with Crippen LogP contribution in [0, 0.1) is 10.1 Å². The molecule has 0 atom stereocenters. The Bertz CT molecular complexity index is 1440. The minimum atomic E-state index is -0.959. The van der Waals surface area contributed by atoms with E-state index in [-0.39, 0.29) is 47.6 Å². The molecule has 0 fully saturated rings. The smallest absolute Gasteiger partial charge is 0.305 e. The number of nitro groups is 1. The van der Waals surface area contributed by atoms with Crippen molar-refractivity contribution in [1.82, 2.24) is 4.90 Å². The van der Waals surface area contributed by atoms with Gasteiger partial charge in [-0.1, -0.05) is 23.2 Å². The Kier molecular flexibility index (Phi) is 7.96. The normalized spacial score (nSPS) is 17.6. The minimum Gasteiger partial charge on any atom is -0.487 e. The molecule has 3 aliphatic rings. The summed E-state index contributed by atoms with van der Waals surface area (Å²) >= 11 is 13.1. The number of nitro benzene ring substituents is 1. The van der Waals surface area contributed by atoms with Gasteiger partial charge in [0.25, 0.3) is 5.69 Å². The number of nitrogens with zero attached hydrogens (tertiary/aromatic N) is 2. The lowest BCUT2D eigenvalue weighted by molar-refractivity contribution is -0.384. The van der Waals surface area contributed by atoms with Gasteiger partial charge in [0.2, 0.25) is 0 Å². The fourth-order valence-corrected chi connectivity index (χ4v) is 6.38. The van der Waals surface area contributed by atoms with E-state index in [9.17, 15) is 29.6 Å². The largest absolute Gasteiger partial charge is 0.487 e. The number of hydrogen-bond acceptors (Lipinski definition) is 7. The van der Waals surface area contributed by atoms with E-state index >= 15 is 0 Å². The lowest BCUT2D eigenvalue weighted by Crippen LogP contribution is -2.40. The Balaban J connectivity index is 1.63. The zero-order valence-electron chi connectivity index (χ0n) is 21.5. The highest BCUT2D eigenvalue weighted by atomic mass is 35.5. The summed E-state index contributed by atoms with van der Waals surface area (Å²) in [6.07, 6.45) is 2.91. The third kappa shape index (κ3) is 5.36. The molecule has 0 unspecified atom stereocenters. The SMILES string of the molecule is O=C(O)CCN1C2=C(C(=O)CCC2)C(c2cc(Cl)cc(Cl)c2OCc2ccc([N+](=O)[O-])cc2)C2=C1CCCC2=O. The van der Waals surface area contributed by atoms with Crippen LogP contribution in [0.25, 0.3) is 0 Å². The number of halogens is 2. The van der Waals surface area contributed by atoms with E-state index in [0.717, 1.165) is 11.4 Å². The molecular formula is C29H26Cl2N2O7. The molecule has 2 aromatic rings. The molecule has 0 bridgehead atoms. The number of aliphatic carboxylic acids is 1. The summed E-state index contributed by atoms with van der Waals surface area (Å²) in [6, 6.07) is 9.11. The Morgan fingerprint density at radius 3 is 2.15 bits per heavy atom. The van der Waals surface area contributed by atoms with Crippen molar-refractivity contribution in [2.45, 2.75) is 57.5 Å². The molecule has 0 saturated carbocycles. The number of carboxylic acids is 1. The Labute approximate surface area is 240 Å². The van der Waals surface area contributed by atoms with Gasteiger partial charge in [0.1, 0.15) is 12.4 Å². The highest BCUT2D eigenvalue weighted by molar-refractivity contribution is 6.35. The number of non-ortho nitro benzene ring substituents is 1. The van der Waals surface area contributed by atoms with E-state index in [1.54, 1.807) is 18.2 Å². The maximum atomic E-state index is 13.5. The highest BCUT2D eigenvalue weighted by Crippen LogP contribution is 2.52. The summed E-state index contributed by atoms with van der Waals surface area (Å²) < 4.78 is 6.18. The summed E-state index contributed by atoms with van der Waals surface area (Å²) in [5.74, 6) is -1.65. The summed E-state index contributed by atoms with van der Waals surface area (Å²) in [6.45, 7) is 0.198. The molecule has 1 heterocycles. The predicted octanol–water partition coefficient (Wildman–Crippen LogP) is 6.37. The molecule has 0 amide bonds. The first kappa shape index (κ1) is 27.9. The fourth-order valence-electron chi connectivity index (χ4n) is 5.82. The van der Waals surface area contributed by atoms with Gasteiger partial charge in [0.05, 0.1) is 16.4 Å². The molecule has 1 aliphatic heterocycles. The molecule has 1 N–H and O–H groups in total.